The maximum atomic E-state index is 3.42. The summed E-state index contributed by atoms with van der Waals surface area (Å²) in [7, 11) is 0. The van der Waals surface area contributed by atoms with Crippen LogP contribution in [0.3, 0.4) is 0 Å². The summed E-state index contributed by atoms with van der Waals surface area (Å²) >= 11 is 0. The van der Waals surface area contributed by atoms with Gasteiger partial charge in [-0.15, -0.1) is 0 Å². The van der Waals surface area contributed by atoms with E-state index >= 15 is 0 Å². The monoisotopic (exact) mass is 212 g/mol. The normalized spacial score (nSPS) is 27.4. The van der Waals surface area contributed by atoms with Crippen LogP contribution in [0.2, 0.25) is 0 Å². The van der Waals surface area contributed by atoms with Gasteiger partial charge in [-0.1, -0.05) is 27.7 Å². The van der Waals surface area contributed by atoms with Crippen molar-refractivity contribution >= 4 is 0 Å². The fourth-order valence-corrected chi connectivity index (χ4v) is 3.03. The summed E-state index contributed by atoms with van der Waals surface area (Å²) in [5.41, 5.74) is 0.716. The Hall–Kier alpha value is -0.0800. The van der Waals surface area contributed by atoms with Gasteiger partial charge in [0.05, 0.1) is 0 Å². The van der Waals surface area contributed by atoms with Gasteiger partial charge in [0.15, 0.2) is 0 Å². The molecule has 0 aromatic rings. The Labute approximate surface area is 95.4 Å². The van der Waals surface area contributed by atoms with E-state index in [0.29, 0.717) is 5.41 Å². The molecule has 2 heteroatoms. The highest BCUT2D eigenvalue weighted by atomic mass is 15.2. The second-order valence-electron chi connectivity index (χ2n) is 4.72. The molecule has 2 aliphatic rings. The van der Waals surface area contributed by atoms with Crippen LogP contribution >= 0.6 is 0 Å². The van der Waals surface area contributed by atoms with E-state index < -0.39 is 0 Å². The third-order valence-corrected chi connectivity index (χ3v) is 4.01. The number of hydrogen-bond acceptors (Lipinski definition) is 2. The summed E-state index contributed by atoms with van der Waals surface area (Å²) in [6, 6.07) is 0.886. The Balaban J connectivity index is 0.000000531. The van der Waals surface area contributed by atoms with Gasteiger partial charge < -0.3 is 10.2 Å². The van der Waals surface area contributed by atoms with Crippen LogP contribution in [0, 0.1) is 5.41 Å². The van der Waals surface area contributed by atoms with Gasteiger partial charge >= 0.3 is 0 Å². The van der Waals surface area contributed by atoms with Crippen LogP contribution in [0.25, 0.3) is 0 Å². The Morgan fingerprint density at radius 1 is 1.20 bits per heavy atom. The van der Waals surface area contributed by atoms with Crippen molar-refractivity contribution < 1.29 is 0 Å². The van der Waals surface area contributed by atoms with Gasteiger partial charge in [0.2, 0.25) is 0 Å². The molecule has 1 N–H and O–H groups in total. The molecule has 15 heavy (non-hydrogen) atoms. The summed E-state index contributed by atoms with van der Waals surface area (Å²) in [6.07, 6.45) is 4.34. The van der Waals surface area contributed by atoms with E-state index in [4.69, 9.17) is 0 Å². The summed E-state index contributed by atoms with van der Waals surface area (Å²) in [5, 5.41) is 3.42. The van der Waals surface area contributed by atoms with Crippen molar-refractivity contribution in [3.05, 3.63) is 0 Å². The van der Waals surface area contributed by atoms with Gasteiger partial charge in [0, 0.05) is 19.1 Å². The molecule has 1 saturated heterocycles. The lowest BCUT2D eigenvalue weighted by atomic mass is 9.80. The third kappa shape index (κ3) is 2.73. The predicted octanol–water partition coefficient (Wildman–Crippen LogP) is 2.50. The summed E-state index contributed by atoms with van der Waals surface area (Å²) < 4.78 is 0. The van der Waals surface area contributed by atoms with Crippen molar-refractivity contribution in [3.63, 3.8) is 0 Å². The predicted molar refractivity (Wildman–Crippen MR) is 67.2 cm³/mol. The molecular weight excluding hydrogens is 184 g/mol. The zero-order valence-corrected chi connectivity index (χ0v) is 11.0. The first-order chi connectivity index (χ1) is 7.29. The molecule has 0 amide bonds. The minimum atomic E-state index is 0.716. The number of nitrogens with zero attached hydrogens (tertiary/aromatic N) is 1. The lowest BCUT2D eigenvalue weighted by Crippen LogP contribution is -2.52. The van der Waals surface area contributed by atoms with Crippen LogP contribution in [0.1, 0.15) is 47.0 Å². The zero-order chi connectivity index (χ0) is 11.3. The van der Waals surface area contributed by atoms with Gasteiger partial charge in [-0.2, -0.15) is 0 Å². The van der Waals surface area contributed by atoms with Gasteiger partial charge in [-0.25, -0.2) is 0 Å². The molecule has 1 unspecified atom stereocenters. The minimum absolute atomic E-state index is 0.716. The molecule has 0 aromatic heterocycles. The SMILES string of the molecule is CC.CCN(CC)C1CCC2(CNC2)C1. The highest BCUT2D eigenvalue weighted by Gasteiger charge is 2.44. The fraction of sp³-hybridized carbons (Fsp3) is 1.00. The van der Waals surface area contributed by atoms with Crippen molar-refractivity contribution in [2.75, 3.05) is 26.2 Å². The van der Waals surface area contributed by atoms with Crippen LogP contribution < -0.4 is 5.32 Å². The van der Waals surface area contributed by atoms with Crippen LogP contribution in [-0.4, -0.2) is 37.1 Å². The molecular formula is C13H28N2. The lowest BCUT2D eigenvalue weighted by molar-refractivity contribution is 0.146. The molecule has 0 radical (unpaired) electrons. The number of nitrogens with one attached hydrogen (secondary N) is 1. The second kappa shape index (κ2) is 5.86. The largest absolute Gasteiger partial charge is 0.316 e. The van der Waals surface area contributed by atoms with Crippen molar-refractivity contribution in [1.82, 2.24) is 10.2 Å². The number of rotatable bonds is 3. The van der Waals surface area contributed by atoms with Gasteiger partial charge in [0.1, 0.15) is 0 Å². The molecule has 2 fully saturated rings. The Kier molecular flexibility index (Phi) is 5.07. The molecule has 1 heterocycles. The van der Waals surface area contributed by atoms with Crippen LogP contribution in [0.5, 0.6) is 0 Å². The molecule has 1 atom stereocenters. The Bertz CT molecular complexity index is 171. The van der Waals surface area contributed by atoms with Gasteiger partial charge in [0.25, 0.3) is 0 Å². The molecule has 0 aromatic carbocycles. The molecule has 90 valence electrons. The quantitative estimate of drug-likeness (QED) is 0.773. The second-order valence-corrected chi connectivity index (χ2v) is 4.72. The first-order valence-corrected chi connectivity index (χ1v) is 6.74. The van der Waals surface area contributed by atoms with Gasteiger partial charge in [-0.05, 0) is 37.8 Å². The lowest BCUT2D eigenvalue weighted by Gasteiger charge is -2.40. The van der Waals surface area contributed by atoms with E-state index in [1.165, 1.54) is 45.4 Å². The van der Waals surface area contributed by atoms with Crippen molar-refractivity contribution in [2.45, 2.75) is 53.0 Å². The standard InChI is InChI=1S/C11H22N2.C2H6/c1-3-13(4-2)10-5-6-11(7-10)8-12-9-11;1-2/h10,12H,3-9H2,1-2H3;1-2H3. The number of hydrogen-bond donors (Lipinski definition) is 1. The van der Waals surface area contributed by atoms with Crippen LogP contribution in [0.4, 0.5) is 0 Å². The smallest absolute Gasteiger partial charge is 0.0101 e. The zero-order valence-electron chi connectivity index (χ0n) is 11.0. The van der Waals surface area contributed by atoms with E-state index in [0.717, 1.165) is 6.04 Å². The highest BCUT2D eigenvalue weighted by molar-refractivity contribution is 5.00. The molecule has 1 aliphatic heterocycles. The first kappa shape index (κ1) is 13.0. The molecule has 1 aliphatic carbocycles. The topological polar surface area (TPSA) is 15.3 Å². The fourth-order valence-electron chi connectivity index (χ4n) is 3.03. The van der Waals surface area contributed by atoms with Gasteiger partial charge in [-0.3, -0.25) is 0 Å². The summed E-state index contributed by atoms with van der Waals surface area (Å²) in [4.78, 5) is 2.63. The molecule has 1 saturated carbocycles. The maximum Gasteiger partial charge on any atom is 0.0101 e. The van der Waals surface area contributed by atoms with Crippen molar-refractivity contribution in [2.24, 2.45) is 5.41 Å². The highest BCUT2D eigenvalue weighted by Crippen LogP contribution is 2.42. The van der Waals surface area contributed by atoms with Crippen molar-refractivity contribution in [1.29, 1.82) is 0 Å². The average Bonchev–Trinajstić information content (AvgIpc) is 2.68. The van der Waals surface area contributed by atoms with Crippen molar-refractivity contribution in [3.8, 4) is 0 Å². The summed E-state index contributed by atoms with van der Waals surface area (Å²) in [5.74, 6) is 0. The molecule has 1 spiro atoms. The van der Waals surface area contributed by atoms with E-state index in [9.17, 15) is 0 Å². The van der Waals surface area contributed by atoms with Crippen LogP contribution in [-0.2, 0) is 0 Å². The maximum absolute atomic E-state index is 3.42. The Morgan fingerprint density at radius 3 is 2.13 bits per heavy atom. The summed E-state index contributed by atoms with van der Waals surface area (Å²) in [6.45, 7) is 13.6. The molecule has 2 rings (SSSR count). The van der Waals surface area contributed by atoms with E-state index in [1.807, 2.05) is 13.8 Å². The van der Waals surface area contributed by atoms with Crippen LogP contribution in [0.15, 0.2) is 0 Å². The average molecular weight is 212 g/mol. The van der Waals surface area contributed by atoms with E-state index in [1.54, 1.807) is 0 Å². The molecule has 0 bridgehead atoms. The third-order valence-electron chi connectivity index (χ3n) is 4.01. The minimum Gasteiger partial charge on any atom is -0.316 e. The molecule has 2 nitrogen and oxygen atoms in total. The first-order valence-electron chi connectivity index (χ1n) is 6.74. The van der Waals surface area contributed by atoms with E-state index in [-0.39, 0.29) is 0 Å². The Morgan fingerprint density at radius 2 is 1.80 bits per heavy atom. The van der Waals surface area contributed by atoms with E-state index in [2.05, 4.69) is 24.1 Å².